The molecule has 0 saturated carbocycles. The SMILES string of the molecule is O=C(COc1ccc(Cl)c(Cl)c1)NCc1cccc(NC(=O)CBr)c1. The monoisotopic (exact) mass is 444 g/mol. The number of benzene rings is 2. The van der Waals surface area contributed by atoms with Crippen LogP contribution in [0.4, 0.5) is 5.69 Å². The van der Waals surface area contributed by atoms with Crippen LogP contribution >= 0.6 is 39.1 Å². The molecule has 0 radical (unpaired) electrons. The van der Waals surface area contributed by atoms with E-state index < -0.39 is 0 Å². The number of amides is 2. The Morgan fingerprint density at radius 1 is 1.04 bits per heavy atom. The molecule has 0 atom stereocenters. The van der Waals surface area contributed by atoms with Crippen molar-refractivity contribution in [2.75, 3.05) is 17.3 Å². The Morgan fingerprint density at radius 3 is 2.56 bits per heavy atom. The topological polar surface area (TPSA) is 67.4 Å². The molecule has 0 aromatic heterocycles. The average Bonchev–Trinajstić information content (AvgIpc) is 2.61. The van der Waals surface area contributed by atoms with Crippen molar-refractivity contribution in [3.05, 3.63) is 58.1 Å². The second-order valence-corrected chi connectivity index (χ2v) is 6.40. The average molecular weight is 446 g/mol. The Bertz CT molecular complexity index is 771. The molecule has 25 heavy (non-hydrogen) atoms. The summed E-state index contributed by atoms with van der Waals surface area (Å²) in [6, 6.07) is 12.0. The number of alkyl halides is 1. The first-order chi connectivity index (χ1) is 12.0. The number of halogens is 3. The Labute approximate surface area is 163 Å². The number of rotatable bonds is 7. The molecule has 2 N–H and O–H groups in total. The molecule has 0 unspecified atom stereocenters. The van der Waals surface area contributed by atoms with Crippen molar-refractivity contribution in [2.45, 2.75) is 6.54 Å². The van der Waals surface area contributed by atoms with Crippen LogP contribution in [0.3, 0.4) is 0 Å². The van der Waals surface area contributed by atoms with Crippen molar-refractivity contribution in [1.82, 2.24) is 5.32 Å². The number of anilines is 1. The van der Waals surface area contributed by atoms with Gasteiger partial charge >= 0.3 is 0 Å². The normalized spacial score (nSPS) is 10.2. The first-order valence-electron chi connectivity index (χ1n) is 7.27. The number of ether oxygens (including phenoxy) is 1. The predicted molar refractivity (Wildman–Crippen MR) is 103 cm³/mol. The van der Waals surface area contributed by atoms with E-state index in [-0.39, 0.29) is 23.8 Å². The second-order valence-electron chi connectivity index (χ2n) is 5.02. The van der Waals surface area contributed by atoms with E-state index in [2.05, 4.69) is 26.6 Å². The van der Waals surface area contributed by atoms with Crippen molar-refractivity contribution >= 4 is 56.6 Å². The van der Waals surface area contributed by atoms with Gasteiger partial charge in [0.2, 0.25) is 5.91 Å². The Kier molecular flexibility index (Phi) is 7.55. The van der Waals surface area contributed by atoms with Gasteiger partial charge in [0.15, 0.2) is 6.61 Å². The van der Waals surface area contributed by atoms with Crippen LogP contribution in [0.15, 0.2) is 42.5 Å². The van der Waals surface area contributed by atoms with Crippen molar-refractivity contribution in [3.63, 3.8) is 0 Å². The van der Waals surface area contributed by atoms with E-state index in [1.807, 2.05) is 6.07 Å². The van der Waals surface area contributed by atoms with Gasteiger partial charge in [0.1, 0.15) is 5.75 Å². The minimum Gasteiger partial charge on any atom is -0.484 e. The predicted octanol–water partition coefficient (Wildman–Crippen LogP) is 4.02. The number of nitrogens with one attached hydrogen (secondary N) is 2. The second kappa shape index (κ2) is 9.65. The molecule has 2 aromatic rings. The van der Waals surface area contributed by atoms with Gasteiger partial charge in [0.25, 0.3) is 5.91 Å². The molecule has 0 aliphatic carbocycles. The maximum atomic E-state index is 11.9. The third-order valence-electron chi connectivity index (χ3n) is 3.08. The highest BCUT2D eigenvalue weighted by molar-refractivity contribution is 9.09. The zero-order valence-corrected chi connectivity index (χ0v) is 16.1. The maximum Gasteiger partial charge on any atom is 0.258 e. The number of hydrogen-bond donors (Lipinski definition) is 2. The van der Waals surface area contributed by atoms with Gasteiger partial charge in [-0.15, -0.1) is 0 Å². The van der Waals surface area contributed by atoms with Crippen molar-refractivity contribution in [1.29, 1.82) is 0 Å². The maximum absolute atomic E-state index is 11.9. The standard InChI is InChI=1S/C17H15BrCl2N2O3/c18-8-16(23)22-12-3-1-2-11(6-12)9-21-17(24)10-25-13-4-5-14(19)15(20)7-13/h1-7H,8-10H2,(H,21,24)(H,22,23). The summed E-state index contributed by atoms with van der Waals surface area (Å²) in [5.74, 6) is 0.0428. The summed E-state index contributed by atoms with van der Waals surface area (Å²) in [6.07, 6.45) is 0. The van der Waals surface area contributed by atoms with Gasteiger partial charge in [-0.05, 0) is 29.8 Å². The Balaban J connectivity index is 1.82. The van der Waals surface area contributed by atoms with Crippen LogP contribution in [-0.2, 0) is 16.1 Å². The summed E-state index contributed by atoms with van der Waals surface area (Å²) in [5, 5.41) is 6.48. The van der Waals surface area contributed by atoms with Gasteiger partial charge in [-0.2, -0.15) is 0 Å². The summed E-state index contributed by atoms with van der Waals surface area (Å²) in [4.78, 5) is 23.2. The van der Waals surface area contributed by atoms with E-state index in [0.717, 1.165) is 5.56 Å². The molecule has 0 spiro atoms. The molecule has 0 bridgehead atoms. The van der Waals surface area contributed by atoms with E-state index in [4.69, 9.17) is 27.9 Å². The fourth-order valence-corrected chi connectivity index (χ4v) is 2.35. The van der Waals surface area contributed by atoms with Crippen LogP contribution in [0, 0.1) is 0 Å². The minimum atomic E-state index is -0.277. The van der Waals surface area contributed by atoms with Gasteiger partial charge in [-0.25, -0.2) is 0 Å². The molecule has 0 saturated heterocycles. The van der Waals surface area contributed by atoms with Gasteiger partial charge in [0.05, 0.1) is 15.4 Å². The lowest BCUT2D eigenvalue weighted by molar-refractivity contribution is -0.123. The molecule has 0 heterocycles. The minimum absolute atomic E-state index is 0.141. The lowest BCUT2D eigenvalue weighted by Crippen LogP contribution is -2.28. The highest BCUT2D eigenvalue weighted by Crippen LogP contribution is 2.26. The van der Waals surface area contributed by atoms with Crippen LogP contribution in [-0.4, -0.2) is 23.8 Å². The molecular weight excluding hydrogens is 431 g/mol. The van der Waals surface area contributed by atoms with Crippen molar-refractivity contribution < 1.29 is 14.3 Å². The largest absolute Gasteiger partial charge is 0.484 e. The molecule has 5 nitrogen and oxygen atoms in total. The molecule has 132 valence electrons. The van der Waals surface area contributed by atoms with Crippen LogP contribution in [0.2, 0.25) is 10.0 Å². The Hall–Kier alpha value is -1.76. The lowest BCUT2D eigenvalue weighted by atomic mass is 10.2. The number of hydrogen-bond acceptors (Lipinski definition) is 3. The van der Waals surface area contributed by atoms with Crippen molar-refractivity contribution in [2.24, 2.45) is 0 Å². The van der Waals surface area contributed by atoms with E-state index in [9.17, 15) is 9.59 Å². The van der Waals surface area contributed by atoms with Gasteiger partial charge in [-0.3, -0.25) is 9.59 Å². The van der Waals surface area contributed by atoms with E-state index >= 15 is 0 Å². The van der Waals surface area contributed by atoms with Crippen LogP contribution in [0.5, 0.6) is 5.75 Å². The smallest absolute Gasteiger partial charge is 0.258 e. The first kappa shape index (κ1) is 19.6. The summed E-state index contributed by atoms with van der Waals surface area (Å²) >= 11 is 14.8. The van der Waals surface area contributed by atoms with Crippen LogP contribution in [0.25, 0.3) is 0 Å². The van der Waals surface area contributed by atoms with E-state index in [0.29, 0.717) is 28.0 Å². The van der Waals surface area contributed by atoms with E-state index in [1.54, 1.807) is 36.4 Å². The molecule has 8 heteroatoms. The summed E-state index contributed by atoms with van der Waals surface area (Å²) in [5.41, 5.74) is 1.53. The number of carbonyl (C=O) groups is 2. The third kappa shape index (κ3) is 6.57. The first-order valence-corrected chi connectivity index (χ1v) is 9.15. The van der Waals surface area contributed by atoms with Gasteiger partial charge in [-0.1, -0.05) is 51.3 Å². The summed E-state index contributed by atoms with van der Waals surface area (Å²) in [6.45, 7) is 0.180. The van der Waals surface area contributed by atoms with Crippen molar-refractivity contribution in [3.8, 4) is 5.75 Å². The summed E-state index contributed by atoms with van der Waals surface area (Å²) < 4.78 is 5.37. The van der Waals surface area contributed by atoms with Gasteiger partial charge < -0.3 is 15.4 Å². The Morgan fingerprint density at radius 2 is 1.84 bits per heavy atom. The fraction of sp³-hybridized carbons (Fsp3) is 0.176. The summed E-state index contributed by atoms with van der Waals surface area (Å²) in [7, 11) is 0. The van der Waals surface area contributed by atoms with Gasteiger partial charge in [0, 0.05) is 18.3 Å². The van der Waals surface area contributed by atoms with Crippen LogP contribution in [0.1, 0.15) is 5.56 Å². The molecule has 0 aliphatic heterocycles. The zero-order valence-electron chi connectivity index (χ0n) is 13.0. The van der Waals surface area contributed by atoms with E-state index in [1.165, 1.54) is 0 Å². The zero-order chi connectivity index (χ0) is 18.2. The molecule has 0 aliphatic rings. The molecular formula is C17H15BrCl2N2O3. The molecule has 2 aromatic carbocycles. The lowest BCUT2D eigenvalue weighted by Gasteiger charge is -2.09. The molecule has 2 rings (SSSR count). The van der Waals surface area contributed by atoms with Crippen LogP contribution < -0.4 is 15.4 Å². The molecule has 2 amide bonds. The molecule has 0 fully saturated rings. The third-order valence-corrected chi connectivity index (χ3v) is 4.33. The fourth-order valence-electron chi connectivity index (χ4n) is 1.92. The quantitative estimate of drug-likeness (QED) is 0.632. The highest BCUT2D eigenvalue weighted by Gasteiger charge is 2.06. The number of carbonyl (C=O) groups excluding carboxylic acids is 2. The highest BCUT2D eigenvalue weighted by atomic mass is 79.9.